The lowest BCUT2D eigenvalue weighted by atomic mass is 10.2. The number of benzene rings is 2. The Labute approximate surface area is 174 Å². The van der Waals surface area contributed by atoms with Gasteiger partial charge in [-0.2, -0.15) is 9.78 Å². The number of carbonyl (C=O) groups is 1. The van der Waals surface area contributed by atoms with Gasteiger partial charge in [-0.3, -0.25) is 4.79 Å². The molecule has 1 atom stereocenters. The highest BCUT2D eigenvalue weighted by Gasteiger charge is 2.18. The van der Waals surface area contributed by atoms with Crippen LogP contribution >= 0.6 is 15.9 Å². The number of halogens is 1. The zero-order valence-electron chi connectivity index (χ0n) is 15.9. The van der Waals surface area contributed by atoms with E-state index in [1.165, 1.54) is 24.9 Å². The highest BCUT2D eigenvalue weighted by Crippen LogP contribution is 2.31. The summed E-state index contributed by atoms with van der Waals surface area (Å²) in [7, 11) is 1.45. The Morgan fingerprint density at radius 2 is 2.10 bits per heavy atom. The van der Waals surface area contributed by atoms with Crippen molar-refractivity contribution in [3.8, 4) is 11.5 Å². The maximum Gasteiger partial charge on any atom is 0.344 e. The zero-order valence-corrected chi connectivity index (χ0v) is 17.5. The van der Waals surface area contributed by atoms with E-state index in [0.717, 1.165) is 4.47 Å². The van der Waals surface area contributed by atoms with Crippen LogP contribution in [0.1, 0.15) is 18.3 Å². The minimum absolute atomic E-state index is 0.218. The number of hydrogen-bond donors (Lipinski definition) is 1. The van der Waals surface area contributed by atoms with Crippen molar-refractivity contribution in [2.45, 2.75) is 20.0 Å². The number of carboxylic acid groups (broad SMARTS) is 1. The second-order valence-corrected chi connectivity index (χ2v) is 7.07. The zero-order chi connectivity index (χ0) is 21.1. The first-order valence-electron chi connectivity index (χ1n) is 8.61. The summed E-state index contributed by atoms with van der Waals surface area (Å²) in [6, 6.07) is 10.3. The summed E-state index contributed by atoms with van der Waals surface area (Å²) in [5.41, 5.74) is 0.704. The van der Waals surface area contributed by atoms with Gasteiger partial charge in [0.1, 0.15) is 5.82 Å². The van der Waals surface area contributed by atoms with Gasteiger partial charge in [0.2, 0.25) is 0 Å². The van der Waals surface area contributed by atoms with Crippen molar-refractivity contribution >= 4 is 39.0 Å². The van der Waals surface area contributed by atoms with Crippen molar-refractivity contribution in [1.29, 1.82) is 0 Å². The van der Waals surface area contributed by atoms with Gasteiger partial charge in [0.15, 0.2) is 17.6 Å². The molecule has 3 aromatic rings. The van der Waals surface area contributed by atoms with Crippen LogP contribution < -0.4 is 15.0 Å². The maximum atomic E-state index is 12.9. The quantitative estimate of drug-likeness (QED) is 0.567. The highest BCUT2D eigenvalue weighted by molar-refractivity contribution is 9.10. The number of ether oxygens (including phenoxy) is 2. The predicted molar refractivity (Wildman–Crippen MR) is 112 cm³/mol. The fourth-order valence-electron chi connectivity index (χ4n) is 2.66. The van der Waals surface area contributed by atoms with Crippen LogP contribution in [0, 0.1) is 6.92 Å². The smallest absolute Gasteiger partial charge is 0.344 e. The fourth-order valence-corrected chi connectivity index (χ4v) is 3.03. The monoisotopic (exact) mass is 459 g/mol. The Morgan fingerprint density at radius 3 is 2.79 bits per heavy atom. The average Bonchev–Trinajstić information content (AvgIpc) is 2.69. The minimum Gasteiger partial charge on any atom is -0.493 e. The molecule has 29 heavy (non-hydrogen) atoms. The lowest BCUT2D eigenvalue weighted by molar-refractivity contribution is -0.144. The molecule has 0 amide bonds. The van der Waals surface area contributed by atoms with E-state index in [-0.39, 0.29) is 11.3 Å². The fraction of sp³-hybridized carbons (Fsp3) is 0.200. The molecule has 0 radical (unpaired) electrons. The van der Waals surface area contributed by atoms with Gasteiger partial charge in [-0.15, -0.1) is 0 Å². The highest BCUT2D eigenvalue weighted by atomic mass is 79.9. The summed E-state index contributed by atoms with van der Waals surface area (Å²) in [4.78, 5) is 28.4. The number of carboxylic acids is 1. The third-order valence-corrected chi connectivity index (χ3v) is 4.65. The van der Waals surface area contributed by atoms with Crippen LogP contribution in [0.25, 0.3) is 10.9 Å². The number of aliphatic carboxylic acids is 1. The largest absolute Gasteiger partial charge is 0.493 e. The Hall–Kier alpha value is -3.20. The van der Waals surface area contributed by atoms with E-state index in [1.54, 1.807) is 37.3 Å². The van der Waals surface area contributed by atoms with Gasteiger partial charge in [0.25, 0.3) is 5.56 Å². The van der Waals surface area contributed by atoms with Crippen LogP contribution in [-0.2, 0) is 4.79 Å². The number of aryl methyl sites for hydroxylation is 1. The van der Waals surface area contributed by atoms with Gasteiger partial charge in [-0.05, 0) is 44.2 Å². The van der Waals surface area contributed by atoms with Gasteiger partial charge < -0.3 is 14.6 Å². The number of nitrogens with zero attached hydrogens (tertiary/aromatic N) is 3. The number of methoxy groups -OCH3 is 1. The molecule has 0 aliphatic heterocycles. The van der Waals surface area contributed by atoms with E-state index in [9.17, 15) is 9.59 Å². The van der Waals surface area contributed by atoms with Gasteiger partial charge >= 0.3 is 5.97 Å². The summed E-state index contributed by atoms with van der Waals surface area (Å²) in [6.45, 7) is 3.09. The normalized spacial score (nSPS) is 12.3. The SMILES string of the molecule is COc1cccc(C=Nn2c(C)nc3ccc(Br)cc3c2=O)c1O[C@H](C)C(=O)O. The lowest BCUT2D eigenvalue weighted by Gasteiger charge is -2.15. The Balaban J connectivity index is 2.09. The topological polar surface area (TPSA) is 103 Å². The number of para-hydroxylation sites is 1. The van der Waals surface area contributed by atoms with E-state index in [1.807, 2.05) is 6.07 Å². The molecule has 0 fully saturated rings. The first-order chi connectivity index (χ1) is 13.8. The van der Waals surface area contributed by atoms with Crippen molar-refractivity contribution in [2.75, 3.05) is 7.11 Å². The van der Waals surface area contributed by atoms with Crippen LogP contribution in [0.5, 0.6) is 11.5 Å². The minimum atomic E-state index is -1.12. The predicted octanol–water partition coefficient (Wildman–Crippen LogP) is 3.21. The molecular weight excluding hydrogens is 442 g/mol. The van der Waals surface area contributed by atoms with Crippen LogP contribution in [0.3, 0.4) is 0 Å². The Bertz CT molecular complexity index is 1170. The summed E-state index contributed by atoms with van der Waals surface area (Å²) in [5, 5.41) is 13.8. The third kappa shape index (κ3) is 4.29. The lowest BCUT2D eigenvalue weighted by Crippen LogP contribution is -2.24. The first-order valence-corrected chi connectivity index (χ1v) is 9.41. The van der Waals surface area contributed by atoms with Crippen LogP contribution in [0.2, 0.25) is 0 Å². The molecular formula is C20H18BrN3O5. The molecule has 0 unspecified atom stereocenters. The van der Waals surface area contributed by atoms with Crippen molar-refractivity contribution in [2.24, 2.45) is 5.10 Å². The molecule has 9 heteroatoms. The molecule has 0 saturated carbocycles. The molecule has 8 nitrogen and oxygen atoms in total. The van der Waals surface area contributed by atoms with Gasteiger partial charge in [0.05, 0.1) is 24.2 Å². The standard InChI is InChI=1S/C20H18BrN3O5/c1-11(20(26)27)29-18-13(5-4-6-17(18)28-3)10-22-24-12(2)23-16-8-7-14(21)9-15(16)19(24)25/h4-11H,1-3H3,(H,26,27)/t11-/m1/s1. The molecule has 0 bridgehead atoms. The molecule has 3 rings (SSSR count). The van der Waals surface area contributed by atoms with Crippen LogP contribution in [0.15, 0.2) is 50.8 Å². The van der Waals surface area contributed by atoms with Gasteiger partial charge in [0, 0.05) is 10.0 Å². The van der Waals surface area contributed by atoms with Crippen molar-refractivity contribution < 1.29 is 19.4 Å². The van der Waals surface area contributed by atoms with E-state index < -0.39 is 12.1 Å². The number of hydrogen-bond acceptors (Lipinski definition) is 6. The molecule has 150 valence electrons. The van der Waals surface area contributed by atoms with Crippen molar-refractivity contribution in [3.05, 3.63) is 62.6 Å². The summed E-state index contributed by atoms with van der Waals surface area (Å²) < 4.78 is 12.7. The molecule has 1 aromatic heterocycles. The third-order valence-electron chi connectivity index (χ3n) is 4.15. The number of aromatic nitrogens is 2. The second-order valence-electron chi connectivity index (χ2n) is 6.16. The number of fused-ring (bicyclic) bond motifs is 1. The van der Waals surface area contributed by atoms with E-state index >= 15 is 0 Å². The van der Waals surface area contributed by atoms with Crippen molar-refractivity contribution in [3.63, 3.8) is 0 Å². The summed E-state index contributed by atoms with van der Waals surface area (Å²) in [6.07, 6.45) is 0.314. The Morgan fingerprint density at radius 1 is 1.34 bits per heavy atom. The van der Waals surface area contributed by atoms with Crippen LogP contribution in [-0.4, -0.2) is 40.2 Å². The first kappa shape index (κ1) is 20.5. The second kappa shape index (κ2) is 8.44. The molecule has 0 spiro atoms. The molecule has 1 N–H and O–H groups in total. The average molecular weight is 460 g/mol. The van der Waals surface area contributed by atoms with E-state index in [4.69, 9.17) is 14.6 Å². The van der Waals surface area contributed by atoms with Gasteiger partial charge in [-0.25, -0.2) is 9.78 Å². The van der Waals surface area contributed by atoms with Gasteiger partial charge in [-0.1, -0.05) is 22.0 Å². The molecule has 2 aromatic carbocycles. The molecule has 0 aliphatic carbocycles. The molecule has 1 heterocycles. The molecule has 0 aliphatic rings. The number of rotatable bonds is 6. The summed E-state index contributed by atoms with van der Waals surface area (Å²) in [5.74, 6) is -0.136. The molecule has 0 saturated heterocycles. The van der Waals surface area contributed by atoms with Crippen molar-refractivity contribution in [1.82, 2.24) is 9.66 Å². The Kier molecular flexibility index (Phi) is 5.97. The maximum absolute atomic E-state index is 12.9. The van der Waals surface area contributed by atoms with E-state index in [0.29, 0.717) is 28.0 Å². The van der Waals surface area contributed by atoms with Crippen LogP contribution in [0.4, 0.5) is 0 Å². The van der Waals surface area contributed by atoms with E-state index in [2.05, 4.69) is 26.0 Å². The summed E-state index contributed by atoms with van der Waals surface area (Å²) >= 11 is 3.35.